The molecule has 19 heavy (non-hydrogen) atoms. The molecular formula is C13H20FNO3S. The van der Waals surface area contributed by atoms with E-state index in [0.29, 0.717) is 24.2 Å². The molecule has 4 nitrogen and oxygen atoms in total. The molecule has 0 aromatic heterocycles. The van der Waals surface area contributed by atoms with Gasteiger partial charge in [-0.2, -0.15) is 0 Å². The lowest BCUT2D eigenvalue weighted by molar-refractivity contribution is 0.397. The Morgan fingerprint density at radius 3 is 2.68 bits per heavy atom. The molecule has 0 aliphatic carbocycles. The first-order valence-corrected chi connectivity index (χ1v) is 8.01. The molecule has 0 bridgehead atoms. The largest absolute Gasteiger partial charge is 0.496 e. The van der Waals surface area contributed by atoms with Crippen LogP contribution in [0.2, 0.25) is 0 Å². The van der Waals surface area contributed by atoms with Crippen molar-refractivity contribution in [3.05, 3.63) is 29.6 Å². The Bertz CT molecular complexity index is 517. The zero-order valence-electron chi connectivity index (χ0n) is 11.2. The van der Waals surface area contributed by atoms with Gasteiger partial charge in [0, 0.05) is 17.4 Å². The summed E-state index contributed by atoms with van der Waals surface area (Å²) < 4.78 is 41.5. The minimum absolute atomic E-state index is 0.0773. The number of benzene rings is 1. The number of hydrogen-bond acceptors (Lipinski definition) is 4. The van der Waals surface area contributed by atoms with Crippen molar-refractivity contribution in [3.8, 4) is 5.75 Å². The van der Waals surface area contributed by atoms with Gasteiger partial charge in [0.2, 0.25) is 0 Å². The van der Waals surface area contributed by atoms with E-state index in [9.17, 15) is 12.8 Å². The molecule has 0 saturated carbocycles. The van der Waals surface area contributed by atoms with Crippen LogP contribution in [0.1, 0.15) is 31.4 Å². The molecule has 2 N–H and O–H groups in total. The van der Waals surface area contributed by atoms with E-state index in [-0.39, 0.29) is 11.5 Å². The van der Waals surface area contributed by atoms with Crippen LogP contribution in [0, 0.1) is 5.82 Å². The van der Waals surface area contributed by atoms with Crippen LogP contribution in [0.4, 0.5) is 4.39 Å². The second-order valence-electron chi connectivity index (χ2n) is 4.34. The molecule has 0 spiro atoms. The number of halogens is 1. The standard InChI is InChI=1S/C13H20FNO3S/c1-3-19(16,17)9-5-7-11(15)13-10(14)6-4-8-12(13)18-2/h4,6,8,11H,3,5,7,9,15H2,1-2H3. The SMILES string of the molecule is CCS(=O)(=O)CCCC(N)c1c(F)cccc1OC. The maximum atomic E-state index is 13.7. The van der Waals surface area contributed by atoms with Crippen LogP contribution in [0.15, 0.2) is 18.2 Å². The number of ether oxygens (including phenoxy) is 1. The van der Waals surface area contributed by atoms with E-state index in [0.717, 1.165) is 0 Å². The molecule has 1 rings (SSSR count). The van der Waals surface area contributed by atoms with E-state index >= 15 is 0 Å². The highest BCUT2D eigenvalue weighted by atomic mass is 32.2. The molecule has 1 unspecified atom stereocenters. The van der Waals surface area contributed by atoms with Crippen molar-refractivity contribution in [1.82, 2.24) is 0 Å². The molecule has 0 aliphatic rings. The van der Waals surface area contributed by atoms with Gasteiger partial charge in [0.25, 0.3) is 0 Å². The maximum Gasteiger partial charge on any atom is 0.150 e. The minimum atomic E-state index is -3.00. The lowest BCUT2D eigenvalue weighted by atomic mass is 10.0. The first-order valence-electron chi connectivity index (χ1n) is 6.19. The molecule has 1 aromatic rings. The summed E-state index contributed by atoms with van der Waals surface area (Å²) in [5.74, 6) is 0.162. The number of sulfone groups is 1. The lowest BCUT2D eigenvalue weighted by Crippen LogP contribution is -2.16. The molecule has 6 heteroatoms. The molecule has 1 atom stereocenters. The molecule has 108 valence electrons. The van der Waals surface area contributed by atoms with Crippen LogP contribution < -0.4 is 10.5 Å². The third-order valence-corrected chi connectivity index (χ3v) is 4.80. The molecule has 1 aromatic carbocycles. The number of hydrogen-bond donors (Lipinski definition) is 1. The van der Waals surface area contributed by atoms with Gasteiger partial charge in [-0.25, -0.2) is 12.8 Å². The molecule has 0 amide bonds. The van der Waals surface area contributed by atoms with Gasteiger partial charge in [-0.3, -0.25) is 0 Å². The van der Waals surface area contributed by atoms with E-state index in [1.807, 2.05) is 0 Å². The molecule has 0 heterocycles. The summed E-state index contributed by atoms with van der Waals surface area (Å²) in [6.45, 7) is 1.61. The first kappa shape index (κ1) is 15.9. The molecule has 0 radical (unpaired) electrons. The molecule has 0 saturated heterocycles. The first-order chi connectivity index (χ1) is 8.91. The van der Waals surface area contributed by atoms with Crippen molar-refractivity contribution < 1.29 is 17.5 Å². The van der Waals surface area contributed by atoms with Crippen molar-refractivity contribution in [2.24, 2.45) is 5.73 Å². The summed E-state index contributed by atoms with van der Waals surface area (Å²) >= 11 is 0. The van der Waals surface area contributed by atoms with Crippen molar-refractivity contribution in [1.29, 1.82) is 0 Å². The Kier molecular flexibility index (Phi) is 5.75. The summed E-state index contributed by atoms with van der Waals surface area (Å²) in [7, 11) is -1.55. The Hall–Kier alpha value is -1.14. The van der Waals surface area contributed by atoms with Gasteiger partial charge in [-0.15, -0.1) is 0 Å². The fourth-order valence-corrected chi connectivity index (χ4v) is 2.76. The zero-order chi connectivity index (χ0) is 14.5. The fourth-order valence-electron chi connectivity index (χ4n) is 1.87. The number of rotatable bonds is 7. The van der Waals surface area contributed by atoms with E-state index in [4.69, 9.17) is 10.5 Å². The van der Waals surface area contributed by atoms with Crippen molar-refractivity contribution in [2.75, 3.05) is 18.6 Å². The van der Waals surface area contributed by atoms with E-state index in [1.165, 1.54) is 13.2 Å². The highest BCUT2D eigenvalue weighted by Gasteiger charge is 2.17. The fraction of sp³-hybridized carbons (Fsp3) is 0.538. The minimum Gasteiger partial charge on any atom is -0.496 e. The average molecular weight is 289 g/mol. The van der Waals surface area contributed by atoms with Crippen LogP contribution in [-0.4, -0.2) is 27.0 Å². The Balaban J connectivity index is 2.71. The van der Waals surface area contributed by atoms with Crippen molar-refractivity contribution in [3.63, 3.8) is 0 Å². The maximum absolute atomic E-state index is 13.7. The Morgan fingerprint density at radius 1 is 1.42 bits per heavy atom. The smallest absolute Gasteiger partial charge is 0.150 e. The van der Waals surface area contributed by atoms with Crippen LogP contribution in [-0.2, 0) is 9.84 Å². The Labute approximate surface area is 113 Å². The summed E-state index contributed by atoms with van der Waals surface area (Å²) in [4.78, 5) is 0. The number of nitrogens with two attached hydrogens (primary N) is 1. The quantitative estimate of drug-likeness (QED) is 0.834. The van der Waals surface area contributed by atoms with Gasteiger partial charge in [0.05, 0.1) is 12.9 Å². The summed E-state index contributed by atoms with van der Waals surface area (Å²) in [6, 6.07) is 3.94. The monoisotopic (exact) mass is 289 g/mol. The van der Waals surface area contributed by atoms with Crippen LogP contribution >= 0.6 is 0 Å². The molecule has 0 fully saturated rings. The van der Waals surface area contributed by atoms with Gasteiger partial charge in [0.1, 0.15) is 21.4 Å². The predicted octanol–water partition coefficient (Wildman–Crippen LogP) is 2.05. The van der Waals surface area contributed by atoms with Gasteiger partial charge in [0.15, 0.2) is 0 Å². The second kappa shape index (κ2) is 6.86. The van der Waals surface area contributed by atoms with E-state index in [2.05, 4.69) is 0 Å². The third-order valence-electron chi connectivity index (χ3n) is 3.01. The van der Waals surface area contributed by atoms with Gasteiger partial charge >= 0.3 is 0 Å². The highest BCUT2D eigenvalue weighted by molar-refractivity contribution is 7.91. The van der Waals surface area contributed by atoms with E-state index < -0.39 is 21.7 Å². The average Bonchev–Trinajstić information content (AvgIpc) is 2.37. The van der Waals surface area contributed by atoms with Crippen LogP contribution in [0.5, 0.6) is 5.75 Å². The topological polar surface area (TPSA) is 69.4 Å². The number of methoxy groups -OCH3 is 1. The Morgan fingerprint density at radius 2 is 2.11 bits per heavy atom. The van der Waals surface area contributed by atoms with Crippen molar-refractivity contribution >= 4 is 9.84 Å². The zero-order valence-corrected chi connectivity index (χ0v) is 12.0. The normalized spacial score (nSPS) is 13.3. The van der Waals surface area contributed by atoms with E-state index in [1.54, 1.807) is 19.1 Å². The van der Waals surface area contributed by atoms with Crippen LogP contribution in [0.3, 0.4) is 0 Å². The van der Waals surface area contributed by atoms with Gasteiger partial charge < -0.3 is 10.5 Å². The molecule has 0 aliphatic heterocycles. The van der Waals surface area contributed by atoms with Crippen molar-refractivity contribution in [2.45, 2.75) is 25.8 Å². The molecular weight excluding hydrogens is 269 g/mol. The summed E-state index contributed by atoms with van der Waals surface area (Å²) in [5, 5.41) is 0. The highest BCUT2D eigenvalue weighted by Crippen LogP contribution is 2.29. The predicted molar refractivity (Wildman–Crippen MR) is 73.4 cm³/mol. The van der Waals surface area contributed by atoms with Crippen LogP contribution in [0.25, 0.3) is 0 Å². The van der Waals surface area contributed by atoms with Gasteiger partial charge in [-0.05, 0) is 25.0 Å². The second-order valence-corrected chi connectivity index (χ2v) is 6.81. The van der Waals surface area contributed by atoms with Gasteiger partial charge in [-0.1, -0.05) is 13.0 Å². The third kappa shape index (κ3) is 4.47. The summed E-state index contributed by atoms with van der Waals surface area (Å²) in [6.07, 6.45) is 0.811. The summed E-state index contributed by atoms with van der Waals surface area (Å²) in [5.41, 5.74) is 6.23. The lowest BCUT2D eigenvalue weighted by Gasteiger charge is -2.16.